The number of methoxy groups -OCH3 is 1. The van der Waals surface area contributed by atoms with Crippen molar-refractivity contribution in [2.24, 2.45) is 0 Å². The van der Waals surface area contributed by atoms with Crippen LogP contribution in [0.3, 0.4) is 0 Å². The molecule has 2 aromatic heterocycles. The van der Waals surface area contributed by atoms with Crippen LogP contribution in [0, 0.1) is 13.8 Å². The SMILES string of the molecule is C=CCNC(=O)[C@H](C)Sc1nc2sc(C)c(C)c2c(=O)n1CCOC. The zero-order chi connectivity index (χ0) is 18.6. The highest BCUT2D eigenvalue weighted by Gasteiger charge is 2.21. The first-order chi connectivity index (χ1) is 11.9. The number of thioether (sulfide) groups is 1. The predicted octanol–water partition coefficient (Wildman–Crippen LogP) is 2.50. The van der Waals surface area contributed by atoms with Gasteiger partial charge in [0.2, 0.25) is 5.91 Å². The van der Waals surface area contributed by atoms with Crippen molar-refractivity contribution in [3.63, 3.8) is 0 Å². The fourth-order valence-corrected chi connectivity index (χ4v) is 4.34. The van der Waals surface area contributed by atoms with Crippen LogP contribution in [0.5, 0.6) is 0 Å². The largest absolute Gasteiger partial charge is 0.383 e. The maximum absolute atomic E-state index is 13.0. The molecule has 0 unspecified atom stereocenters. The summed E-state index contributed by atoms with van der Waals surface area (Å²) in [7, 11) is 1.59. The molecule has 0 radical (unpaired) electrons. The Kier molecular flexibility index (Phi) is 6.80. The molecule has 0 aromatic carbocycles. The fourth-order valence-electron chi connectivity index (χ4n) is 2.31. The summed E-state index contributed by atoms with van der Waals surface area (Å²) in [6, 6.07) is 0. The molecule has 2 heterocycles. The number of carbonyl (C=O) groups excluding carboxylic acids is 1. The van der Waals surface area contributed by atoms with E-state index in [-0.39, 0.29) is 16.7 Å². The van der Waals surface area contributed by atoms with E-state index in [0.717, 1.165) is 15.3 Å². The van der Waals surface area contributed by atoms with Crippen LogP contribution in [-0.4, -0.2) is 41.0 Å². The number of carbonyl (C=O) groups is 1. The first kappa shape index (κ1) is 19.7. The summed E-state index contributed by atoms with van der Waals surface area (Å²) in [5, 5.41) is 3.59. The van der Waals surface area contributed by atoms with E-state index < -0.39 is 0 Å². The minimum Gasteiger partial charge on any atom is -0.383 e. The molecule has 25 heavy (non-hydrogen) atoms. The third-order valence-corrected chi connectivity index (χ3v) is 6.04. The van der Waals surface area contributed by atoms with Crippen LogP contribution in [0.2, 0.25) is 0 Å². The van der Waals surface area contributed by atoms with Crippen LogP contribution in [0.1, 0.15) is 17.4 Å². The molecule has 0 fully saturated rings. The molecule has 6 nitrogen and oxygen atoms in total. The second kappa shape index (κ2) is 8.64. The van der Waals surface area contributed by atoms with Gasteiger partial charge < -0.3 is 10.1 Å². The summed E-state index contributed by atoms with van der Waals surface area (Å²) < 4.78 is 6.73. The van der Waals surface area contributed by atoms with Gasteiger partial charge in [0.15, 0.2) is 5.16 Å². The number of thiophene rings is 1. The van der Waals surface area contributed by atoms with Crippen molar-refractivity contribution in [3.8, 4) is 0 Å². The number of rotatable bonds is 8. The number of amides is 1. The Labute approximate surface area is 155 Å². The molecule has 1 amide bonds. The first-order valence-electron chi connectivity index (χ1n) is 7.95. The lowest BCUT2D eigenvalue weighted by molar-refractivity contribution is -0.120. The zero-order valence-corrected chi connectivity index (χ0v) is 16.6. The summed E-state index contributed by atoms with van der Waals surface area (Å²) in [4.78, 5) is 31.5. The van der Waals surface area contributed by atoms with Gasteiger partial charge in [0.1, 0.15) is 4.83 Å². The van der Waals surface area contributed by atoms with Crippen molar-refractivity contribution in [3.05, 3.63) is 33.4 Å². The molecule has 2 aromatic rings. The average Bonchev–Trinajstić information content (AvgIpc) is 2.86. The van der Waals surface area contributed by atoms with Crippen LogP contribution in [0.25, 0.3) is 10.2 Å². The lowest BCUT2D eigenvalue weighted by Gasteiger charge is -2.15. The lowest BCUT2D eigenvalue weighted by atomic mass is 10.2. The molecule has 0 saturated heterocycles. The number of nitrogens with one attached hydrogen (secondary N) is 1. The van der Waals surface area contributed by atoms with E-state index in [1.54, 1.807) is 24.7 Å². The van der Waals surface area contributed by atoms with E-state index >= 15 is 0 Å². The third kappa shape index (κ3) is 4.31. The van der Waals surface area contributed by atoms with Gasteiger partial charge >= 0.3 is 0 Å². The van der Waals surface area contributed by atoms with Gasteiger partial charge in [-0.25, -0.2) is 4.98 Å². The molecular weight excluding hydrogens is 358 g/mol. The summed E-state index contributed by atoms with van der Waals surface area (Å²) >= 11 is 2.79. The number of nitrogens with zero attached hydrogens (tertiary/aromatic N) is 2. The van der Waals surface area contributed by atoms with E-state index in [1.165, 1.54) is 23.1 Å². The molecular formula is C17H23N3O3S2. The van der Waals surface area contributed by atoms with Gasteiger partial charge in [0.25, 0.3) is 5.56 Å². The summed E-state index contributed by atoms with van der Waals surface area (Å²) in [6.07, 6.45) is 1.63. The highest BCUT2D eigenvalue weighted by molar-refractivity contribution is 8.00. The first-order valence-corrected chi connectivity index (χ1v) is 9.65. The molecule has 0 aliphatic heterocycles. The highest BCUT2D eigenvalue weighted by Crippen LogP contribution is 2.29. The van der Waals surface area contributed by atoms with Crippen molar-refractivity contribution < 1.29 is 9.53 Å². The Hall–Kier alpha value is -1.64. The van der Waals surface area contributed by atoms with Crippen molar-refractivity contribution in [2.75, 3.05) is 20.3 Å². The molecule has 0 aliphatic rings. The zero-order valence-electron chi connectivity index (χ0n) is 14.9. The van der Waals surface area contributed by atoms with E-state index in [0.29, 0.717) is 30.2 Å². The average molecular weight is 382 g/mol. The number of aryl methyl sites for hydroxylation is 2. The van der Waals surface area contributed by atoms with Crippen LogP contribution in [0.4, 0.5) is 0 Å². The van der Waals surface area contributed by atoms with Gasteiger partial charge in [0.05, 0.1) is 23.8 Å². The molecule has 2 rings (SSSR count). The smallest absolute Gasteiger partial charge is 0.263 e. The Balaban J connectivity index is 2.44. The Morgan fingerprint density at radius 2 is 2.24 bits per heavy atom. The number of aromatic nitrogens is 2. The van der Waals surface area contributed by atoms with E-state index in [1.807, 2.05) is 13.8 Å². The van der Waals surface area contributed by atoms with Gasteiger partial charge in [-0.2, -0.15) is 0 Å². The monoisotopic (exact) mass is 381 g/mol. The van der Waals surface area contributed by atoms with Crippen LogP contribution >= 0.6 is 23.1 Å². The van der Waals surface area contributed by atoms with Gasteiger partial charge in [-0.1, -0.05) is 17.8 Å². The Morgan fingerprint density at radius 1 is 1.52 bits per heavy atom. The normalized spacial score (nSPS) is 12.3. The second-order valence-corrected chi connectivity index (χ2v) is 8.11. The van der Waals surface area contributed by atoms with Crippen molar-refractivity contribution in [1.29, 1.82) is 0 Å². The minimum absolute atomic E-state index is 0.0786. The van der Waals surface area contributed by atoms with Crippen molar-refractivity contribution >= 4 is 39.2 Å². The maximum atomic E-state index is 13.0. The second-order valence-electron chi connectivity index (χ2n) is 5.60. The summed E-state index contributed by atoms with van der Waals surface area (Å²) in [5.74, 6) is -0.115. The van der Waals surface area contributed by atoms with Crippen molar-refractivity contribution in [1.82, 2.24) is 14.9 Å². The Bertz CT molecular complexity index is 842. The standard InChI is InChI=1S/C17H23N3O3S2/c1-6-7-18-14(21)12(4)25-17-19-15-13(10(2)11(3)24-15)16(22)20(17)8-9-23-5/h6,12H,1,7-9H2,2-5H3,(H,18,21)/t12-/m0/s1. The molecule has 0 saturated carbocycles. The topological polar surface area (TPSA) is 73.2 Å². The maximum Gasteiger partial charge on any atom is 0.263 e. The van der Waals surface area contributed by atoms with Crippen LogP contribution < -0.4 is 10.9 Å². The van der Waals surface area contributed by atoms with E-state index in [4.69, 9.17) is 4.74 Å². The number of hydrogen-bond acceptors (Lipinski definition) is 6. The number of hydrogen-bond donors (Lipinski definition) is 1. The lowest BCUT2D eigenvalue weighted by Crippen LogP contribution is -2.32. The third-order valence-electron chi connectivity index (χ3n) is 3.84. The van der Waals surface area contributed by atoms with Crippen LogP contribution in [0.15, 0.2) is 22.6 Å². The quantitative estimate of drug-likeness (QED) is 0.432. The van der Waals surface area contributed by atoms with Gasteiger partial charge in [-0.05, 0) is 26.3 Å². The number of fused-ring (bicyclic) bond motifs is 1. The van der Waals surface area contributed by atoms with Crippen LogP contribution in [-0.2, 0) is 16.1 Å². The molecule has 8 heteroatoms. The Morgan fingerprint density at radius 3 is 2.88 bits per heavy atom. The molecule has 0 bridgehead atoms. The highest BCUT2D eigenvalue weighted by atomic mass is 32.2. The molecule has 136 valence electrons. The molecule has 0 aliphatic carbocycles. The van der Waals surface area contributed by atoms with E-state index in [2.05, 4.69) is 16.9 Å². The van der Waals surface area contributed by atoms with E-state index in [9.17, 15) is 9.59 Å². The van der Waals surface area contributed by atoms with Gasteiger partial charge in [0, 0.05) is 18.5 Å². The van der Waals surface area contributed by atoms with Gasteiger partial charge in [-0.15, -0.1) is 17.9 Å². The fraction of sp³-hybridized carbons (Fsp3) is 0.471. The van der Waals surface area contributed by atoms with Gasteiger partial charge in [-0.3, -0.25) is 14.2 Å². The predicted molar refractivity (Wildman–Crippen MR) is 104 cm³/mol. The molecule has 0 spiro atoms. The summed E-state index contributed by atoms with van der Waals surface area (Å²) in [5.41, 5.74) is 0.891. The summed E-state index contributed by atoms with van der Waals surface area (Å²) in [6.45, 7) is 10.5. The minimum atomic E-state index is -0.375. The molecule has 1 N–H and O–H groups in total. The van der Waals surface area contributed by atoms with Crippen molar-refractivity contribution in [2.45, 2.75) is 37.7 Å². The molecule has 1 atom stereocenters. The number of ether oxygens (including phenoxy) is 1.